The van der Waals surface area contributed by atoms with Gasteiger partial charge in [0.05, 0.1) is 18.6 Å². The van der Waals surface area contributed by atoms with E-state index >= 15 is 0 Å². The summed E-state index contributed by atoms with van der Waals surface area (Å²) in [7, 11) is 1.40. The van der Waals surface area contributed by atoms with Crippen LogP contribution in [0.4, 0.5) is 0 Å². The SMILES string of the molecule is CCCC(C(=O)OC)c1c(C)nc(-c2ccccc2)nc1Oc1ccccc1. The summed E-state index contributed by atoms with van der Waals surface area (Å²) >= 11 is 0. The van der Waals surface area contributed by atoms with Gasteiger partial charge in [-0.2, -0.15) is 4.98 Å². The van der Waals surface area contributed by atoms with Crippen molar-refractivity contribution in [1.82, 2.24) is 9.97 Å². The van der Waals surface area contributed by atoms with Crippen LogP contribution in [0.5, 0.6) is 11.6 Å². The van der Waals surface area contributed by atoms with Gasteiger partial charge in [0.25, 0.3) is 0 Å². The fraction of sp³-hybridized carbons (Fsp3) is 0.261. The Morgan fingerprint density at radius 1 is 1.00 bits per heavy atom. The summed E-state index contributed by atoms with van der Waals surface area (Å²) in [6.45, 7) is 3.91. The molecule has 0 aliphatic rings. The Labute approximate surface area is 165 Å². The number of hydrogen-bond acceptors (Lipinski definition) is 5. The molecule has 3 aromatic rings. The Bertz CT molecular complexity index is 927. The minimum Gasteiger partial charge on any atom is -0.469 e. The van der Waals surface area contributed by atoms with E-state index in [-0.39, 0.29) is 5.97 Å². The average Bonchev–Trinajstić information content (AvgIpc) is 2.73. The minimum atomic E-state index is -0.474. The number of rotatable bonds is 7. The van der Waals surface area contributed by atoms with E-state index in [1.807, 2.05) is 74.5 Å². The zero-order chi connectivity index (χ0) is 19.9. The lowest BCUT2D eigenvalue weighted by atomic mass is 9.93. The van der Waals surface area contributed by atoms with Crippen molar-refractivity contribution in [3.05, 3.63) is 71.9 Å². The summed E-state index contributed by atoms with van der Waals surface area (Å²) < 4.78 is 11.2. The molecule has 0 aliphatic heterocycles. The summed E-state index contributed by atoms with van der Waals surface area (Å²) in [6.07, 6.45) is 1.46. The number of nitrogens with zero attached hydrogens (tertiary/aromatic N) is 2. The maximum absolute atomic E-state index is 12.5. The molecule has 0 N–H and O–H groups in total. The highest BCUT2D eigenvalue weighted by Gasteiger charge is 2.29. The summed E-state index contributed by atoms with van der Waals surface area (Å²) in [5.41, 5.74) is 2.28. The topological polar surface area (TPSA) is 61.3 Å². The van der Waals surface area contributed by atoms with Crippen LogP contribution in [0, 0.1) is 6.92 Å². The molecule has 1 atom stereocenters. The van der Waals surface area contributed by atoms with Gasteiger partial charge in [-0.05, 0) is 25.5 Å². The predicted molar refractivity (Wildman–Crippen MR) is 108 cm³/mol. The highest BCUT2D eigenvalue weighted by atomic mass is 16.5. The Hall–Kier alpha value is -3.21. The molecule has 0 saturated carbocycles. The zero-order valence-electron chi connectivity index (χ0n) is 16.4. The Balaban J connectivity index is 2.15. The first kappa shape index (κ1) is 19.5. The monoisotopic (exact) mass is 376 g/mol. The number of carbonyl (C=O) groups excluding carboxylic acids is 1. The van der Waals surface area contributed by atoms with Crippen molar-refractivity contribution in [1.29, 1.82) is 0 Å². The van der Waals surface area contributed by atoms with Gasteiger partial charge in [-0.3, -0.25) is 4.79 Å². The van der Waals surface area contributed by atoms with Gasteiger partial charge >= 0.3 is 5.97 Å². The highest BCUT2D eigenvalue weighted by molar-refractivity contribution is 5.79. The smallest absolute Gasteiger partial charge is 0.313 e. The van der Waals surface area contributed by atoms with E-state index in [1.54, 1.807) is 0 Å². The number of esters is 1. The van der Waals surface area contributed by atoms with Gasteiger partial charge in [0.1, 0.15) is 5.75 Å². The lowest BCUT2D eigenvalue weighted by Crippen LogP contribution is -2.18. The number of ether oxygens (including phenoxy) is 2. The van der Waals surface area contributed by atoms with Crippen LogP contribution in [0.25, 0.3) is 11.4 Å². The molecule has 1 heterocycles. The summed E-state index contributed by atoms with van der Waals surface area (Å²) in [4.78, 5) is 21.8. The molecule has 0 aliphatic carbocycles. The molecule has 3 rings (SSSR count). The molecule has 1 aromatic heterocycles. The molecule has 0 saturated heterocycles. The van der Waals surface area contributed by atoms with Crippen LogP contribution < -0.4 is 4.74 Å². The predicted octanol–water partition coefficient (Wildman–Crippen LogP) is 5.30. The van der Waals surface area contributed by atoms with Gasteiger partial charge < -0.3 is 9.47 Å². The molecule has 0 spiro atoms. The first-order valence-corrected chi connectivity index (χ1v) is 9.38. The molecule has 0 amide bonds. The normalized spacial score (nSPS) is 11.7. The van der Waals surface area contributed by atoms with Crippen molar-refractivity contribution < 1.29 is 14.3 Å². The fourth-order valence-electron chi connectivity index (χ4n) is 3.16. The number of benzene rings is 2. The maximum atomic E-state index is 12.5. The third kappa shape index (κ3) is 4.36. The van der Waals surface area contributed by atoms with Crippen molar-refractivity contribution in [2.24, 2.45) is 0 Å². The molecule has 2 aromatic carbocycles. The lowest BCUT2D eigenvalue weighted by Gasteiger charge is -2.20. The first-order chi connectivity index (χ1) is 13.6. The molecular weight excluding hydrogens is 352 g/mol. The highest BCUT2D eigenvalue weighted by Crippen LogP contribution is 2.35. The van der Waals surface area contributed by atoms with E-state index in [0.29, 0.717) is 35.1 Å². The van der Waals surface area contributed by atoms with Crippen LogP contribution >= 0.6 is 0 Å². The van der Waals surface area contributed by atoms with Crippen LogP contribution in [-0.2, 0) is 9.53 Å². The Morgan fingerprint density at radius 3 is 2.25 bits per heavy atom. The molecule has 5 nitrogen and oxygen atoms in total. The van der Waals surface area contributed by atoms with Crippen molar-refractivity contribution >= 4 is 5.97 Å². The van der Waals surface area contributed by atoms with Crippen LogP contribution in [0.1, 0.15) is 36.9 Å². The van der Waals surface area contributed by atoms with Crippen LogP contribution in [0.15, 0.2) is 60.7 Å². The maximum Gasteiger partial charge on any atom is 0.313 e. The van der Waals surface area contributed by atoms with Crippen molar-refractivity contribution in [2.75, 3.05) is 7.11 Å². The molecule has 5 heteroatoms. The van der Waals surface area contributed by atoms with Crippen LogP contribution in [0.2, 0.25) is 0 Å². The lowest BCUT2D eigenvalue weighted by molar-refractivity contribution is -0.142. The quantitative estimate of drug-likeness (QED) is 0.524. The Kier molecular flexibility index (Phi) is 6.37. The third-order valence-electron chi connectivity index (χ3n) is 4.50. The average molecular weight is 376 g/mol. The molecule has 28 heavy (non-hydrogen) atoms. The number of aromatic nitrogens is 2. The van der Waals surface area contributed by atoms with Gasteiger partial charge in [0.2, 0.25) is 5.88 Å². The van der Waals surface area contributed by atoms with Crippen molar-refractivity contribution in [2.45, 2.75) is 32.6 Å². The summed E-state index contributed by atoms with van der Waals surface area (Å²) in [5, 5.41) is 0. The molecule has 144 valence electrons. The largest absolute Gasteiger partial charge is 0.469 e. The van der Waals surface area contributed by atoms with E-state index in [1.165, 1.54) is 7.11 Å². The number of hydrogen-bond donors (Lipinski definition) is 0. The van der Waals surface area contributed by atoms with E-state index in [2.05, 4.69) is 9.97 Å². The number of methoxy groups -OCH3 is 1. The number of aryl methyl sites for hydroxylation is 1. The number of para-hydroxylation sites is 1. The van der Waals surface area contributed by atoms with Crippen molar-refractivity contribution in [3.63, 3.8) is 0 Å². The van der Waals surface area contributed by atoms with Gasteiger partial charge in [0, 0.05) is 11.3 Å². The van der Waals surface area contributed by atoms with E-state index < -0.39 is 5.92 Å². The van der Waals surface area contributed by atoms with Crippen LogP contribution in [0.3, 0.4) is 0 Å². The standard InChI is InChI=1S/C23H24N2O3/c1-4-11-19(23(26)27-3)20-16(2)24-21(17-12-7-5-8-13-17)25-22(20)28-18-14-9-6-10-15-18/h5-10,12-15,19H,4,11H2,1-3H3. The van der Waals surface area contributed by atoms with Crippen molar-refractivity contribution in [3.8, 4) is 23.0 Å². The minimum absolute atomic E-state index is 0.307. The summed E-state index contributed by atoms with van der Waals surface area (Å²) in [6, 6.07) is 19.1. The second kappa shape index (κ2) is 9.13. The van der Waals surface area contributed by atoms with E-state index in [0.717, 1.165) is 12.0 Å². The second-order valence-electron chi connectivity index (χ2n) is 6.50. The third-order valence-corrected chi connectivity index (χ3v) is 4.50. The zero-order valence-corrected chi connectivity index (χ0v) is 16.4. The molecule has 0 fully saturated rings. The van der Waals surface area contributed by atoms with Gasteiger partial charge in [-0.1, -0.05) is 61.9 Å². The van der Waals surface area contributed by atoms with E-state index in [9.17, 15) is 4.79 Å². The van der Waals surface area contributed by atoms with E-state index in [4.69, 9.17) is 9.47 Å². The summed E-state index contributed by atoms with van der Waals surface area (Å²) in [5.74, 6) is 0.827. The Morgan fingerprint density at radius 2 is 1.64 bits per heavy atom. The van der Waals surface area contributed by atoms with Gasteiger partial charge in [-0.25, -0.2) is 4.98 Å². The van der Waals surface area contributed by atoms with Gasteiger partial charge in [0.15, 0.2) is 5.82 Å². The molecule has 0 bridgehead atoms. The molecule has 0 radical (unpaired) electrons. The number of carbonyl (C=O) groups is 1. The fourth-order valence-corrected chi connectivity index (χ4v) is 3.16. The van der Waals surface area contributed by atoms with Gasteiger partial charge in [-0.15, -0.1) is 0 Å². The molecule has 1 unspecified atom stereocenters. The molecular formula is C23H24N2O3. The van der Waals surface area contributed by atoms with Crippen LogP contribution in [-0.4, -0.2) is 23.0 Å². The second-order valence-corrected chi connectivity index (χ2v) is 6.50. The first-order valence-electron chi connectivity index (χ1n) is 9.38.